The number of ether oxygens (including phenoxy) is 2. The first-order valence-corrected chi connectivity index (χ1v) is 9.70. The number of methoxy groups -OCH3 is 1. The number of carbonyl (C=O) groups excluding carboxylic acids is 1. The molecular weight excluding hydrogens is 336 g/mol. The van der Waals surface area contributed by atoms with Crippen LogP contribution in [0.5, 0.6) is 5.75 Å². The van der Waals surface area contributed by atoms with Gasteiger partial charge < -0.3 is 9.47 Å². The Bertz CT molecular complexity index is 751. The van der Waals surface area contributed by atoms with Gasteiger partial charge in [0.15, 0.2) is 0 Å². The molecule has 1 fully saturated rings. The van der Waals surface area contributed by atoms with Crippen LogP contribution in [0.15, 0.2) is 60.7 Å². The molecule has 2 aromatic rings. The van der Waals surface area contributed by atoms with E-state index in [1.54, 1.807) is 7.11 Å². The van der Waals surface area contributed by atoms with Gasteiger partial charge in [0.1, 0.15) is 5.75 Å². The van der Waals surface area contributed by atoms with Crippen molar-refractivity contribution in [2.75, 3.05) is 13.7 Å². The molecule has 0 heterocycles. The van der Waals surface area contributed by atoms with Crippen LogP contribution in [-0.4, -0.2) is 19.7 Å². The van der Waals surface area contributed by atoms with Crippen LogP contribution in [-0.2, 0) is 4.74 Å². The van der Waals surface area contributed by atoms with Gasteiger partial charge in [0.25, 0.3) is 0 Å². The van der Waals surface area contributed by atoms with Crippen molar-refractivity contribution in [3.8, 4) is 5.75 Å². The predicted molar refractivity (Wildman–Crippen MR) is 108 cm³/mol. The van der Waals surface area contributed by atoms with Crippen molar-refractivity contribution in [3.05, 3.63) is 77.4 Å². The smallest absolute Gasteiger partial charge is 0.343 e. The standard InChI is InChI=1S/C24H28O3/c1-18-5-15-23(16-6-18)27-24(25)22-13-11-21(12-14-22)20-9-7-19(8-10-20)4-3-17-26-2/h3-6,11-16,19-20H,7-10,17H2,1-2H3/t19-,20-. The lowest BCUT2D eigenvalue weighted by molar-refractivity contribution is 0.0734. The topological polar surface area (TPSA) is 35.5 Å². The van der Waals surface area contributed by atoms with Crippen LogP contribution >= 0.6 is 0 Å². The van der Waals surface area contributed by atoms with E-state index in [0.717, 1.165) is 5.56 Å². The largest absolute Gasteiger partial charge is 0.423 e. The maximum Gasteiger partial charge on any atom is 0.343 e. The van der Waals surface area contributed by atoms with Gasteiger partial charge in [0.2, 0.25) is 0 Å². The van der Waals surface area contributed by atoms with Crippen LogP contribution < -0.4 is 4.74 Å². The normalized spacial score (nSPS) is 19.9. The molecule has 0 bridgehead atoms. The van der Waals surface area contributed by atoms with Crippen LogP contribution in [0.1, 0.15) is 53.1 Å². The molecular formula is C24H28O3. The molecule has 3 nitrogen and oxygen atoms in total. The average molecular weight is 364 g/mol. The molecule has 0 amide bonds. The summed E-state index contributed by atoms with van der Waals surface area (Å²) in [6.07, 6.45) is 9.22. The summed E-state index contributed by atoms with van der Waals surface area (Å²) in [5.74, 6) is 1.52. The first-order chi connectivity index (χ1) is 13.2. The lowest BCUT2D eigenvalue weighted by Crippen LogP contribution is -2.12. The number of aryl methyl sites for hydroxylation is 1. The molecule has 3 heteroatoms. The molecule has 0 atom stereocenters. The Balaban J connectivity index is 1.54. The van der Waals surface area contributed by atoms with Crippen molar-refractivity contribution in [3.63, 3.8) is 0 Å². The minimum Gasteiger partial charge on any atom is -0.423 e. The van der Waals surface area contributed by atoms with Crippen LogP contribution in [0.4, 0.5) is 0 Å². The highest BCUT2D eigenvalue weighted by molar-refractivity contribution is 5.91. The molecule has 142 valence electrons. The second-order valence-corrected chi connectivity index (χ2v) is 7.32. The van der Waals surface area contributed by atoms with Crippen LogP contribution in [0.2, 0.25) is 0 Å². The molecule has 27 heavy (non-hydrogen) atoms. The van der Waals surface area contributed by atoms with E-state index in [0.29, 0.717) is 29.8 Å². The summed E-state index contributed by atoms with van der Waals surface area (Å²) in [5.41, 5.74) is 3.06. The lowest BCUT2D eigenvalue weighted by Gasteiger charge is -2.27. The first kappa shape index (κ1) is 19.4. The van der Waals surface area contributed by atoms with Gasteiger partial charge in [0, 0.05) is 7.11 Å². The highest BCUT2D eigenvalue weighted by Gasteiger charge is 2.21. The van der Waals surface area contributed by atoms with Gasteiger partial charge >= 0.3 is 5.97 Å². The van der Waals surface area contributed by atoms with E-state index in [-0.39, 0.29) is 5.97 Å². The van der Waals surface area contributed by atoms with E-state index < -0.39 is 0 Å². The molecule has 3 rings (SSSR count). The molecule has 1 aliphatic rings. The number of esters is 1. The van der Waals surface area contributed by atoms with Gasteiger partial charge in [-0.05, 0) is 74.3 Å². The molecule has 0 aliphatic heterocycles. The summed E-state index contributed by atoms with van der Waals surface area (Å²) in [4.78, 5) is 12.3. The maximum absolute atomic E-state index is 12.3. The summed E-state index contributed by atoms with van der Waals surface area (Å²) in [6.45, 7) is 2.70. The Morgan fingerprint density at radius 3 is 2.30 bits per heavy atom. The second-order valence-electron chi connectivity index (χ2n) is 7.32. The fourth-order valence-electron chi connectivity index (χ4n) is 3.65. The van der Waals surface area contributed by atoms with Gasteiger partial charge in [0.05, 0.1) is 12.2 Å². The van der Waals surface area contributed by atoms with Gasteiger partial charge in [-0.1, -0.05) is 42.0 Å². The molecule has 0 aromatic heterocycles. The van der Waals surface area contributed by atoms with Gasteiger partial charge in [-0.15, -0.1) is 0 Å². The third-order valence-corrected chi connectivity index (χ3v) is 5.29. The average Bonchev–Trinajstić information content (AvgIpc) is 2.70. The fourth-order valence-corrected chi connectivity index (χ4v) is 3.65. The summed E-state index contributed by atoms with van der Waals surface area (Å²) in [5, 5.41) is 0. The second kappa shape index (κ2) is 9.52. The van der Waals surface area contributed by atoms with Gasteiger partial charge in [-0.2, -0.15) is 0 Å². The van der Waals surface area contributed by atoms with Crippen LogP contribution in [0.3, 0.4) is 0 Å². The Labute approximate surface area is 162 Å². The van der Waals surface area contributed by atoms with Crippen molar-refractivity contribution in [2.24, 2.45) is 5.92 Å². The number of hydrogen-bond acceptors (Lipinski definition) is 3. The molecule has 1 saturated carbocycles. The van der Waals surface area contributed by atoms with E-state index in [2.05, 4.69) is 24.3 Å². The Kier molecular flexibility index (Phi) is 6.83. The van der Waals surface area contributed by atoms with Crippen molar-refractivity contribution in [2.45, 2.75) is 38.5 Å². The summed E-state index contributed by atoms with van der Waals surface area (Å²) in [7, 11) is 1.72. The Hall–Kier alpha value is -2.39. The van der Waals surface area contributed by atoms with Crippen LogP contribution in [0.25, 0.3) is 0 Å². The molecule has 1 aliphatic carbocycles. The Morgan fingerprint density at radius 2 is 1.67 bits per heavy atom. The summed E-state index contributed by atoms with van der Waals surface area (Å²) in [6, 6.07) is 15.4. The van der Waals surface area contributed by atoms with Crippen molar-refractivity contribution in [1.29, 1.82) is 0 Å². The molecule has 0 spiro atoms. The molecule has 0 N–H and O–H groups in total. The van der Waals surface area contributed by atoms with Crippen LogP contribution in [0, 0.1) is 12.8 Å². The minimum absolute atomic E-state index is 0.308. The number of hydrogen-bond donors (Lipinski definition) is 0. The van der Waals surface area contributed by atoms with E-state index in [1.165, 1.54) is 31.2 Å². The highest BCUT2D eigenvalue weighted by Crippen LogP contribution is 2.36. The van der Waals surface area contributed by atoms with Crippen molar-refractivity contribution in [1.82, 2.24) is 0 Å². The third kappa shape index (κ3) is 5.54. The zero-order valence-corrected chi connectivity index (χ0v) is 16.2. The zero-order valence-electron chi connectivity index (χ0n) is 16.2. The maximum atomic E-state index is 12.3. The molecule has 0 radical (unpaired) electrons. The number of carbonyl (C=O) groups is 1. The molecule has 2 aromatic carbocycles. The van der Waals surface area contributed by atoms with E-state index in [1.807, 2.05) is 43.3 Å². The number of benzene rings is 2. The minimum atomic E-state index is -0.308. The van der Waals surface area contributed by atoms with E-state index >= 15 is 0 Å². The molecule has 0 unspecified atom stereocenters. The fraction of sp³-hybridized carbons (Fsp3) is 0.375. The number of rotatable bonds is 6. The third-order valence-electron chi connectivity index (χ3n) is 5.29. The highest BCUT2D eigenvalue weighted by atomic mass is 16.5. The summed E-state index contributed by atoms with van der Waals surface area (Å²) < 4.78 is 10.5. The zero-order chi connectivity index (χ0) is 19.1. The SMILES string of the molecule is COCC=C[C@H]1CC[C@H](c2ccc(C(=O)Oc3ccc(C)cc3)cc2)CC1. The lowest BCUT2D eigenvalue weighted by atomic mass is 9.78. The van der Waals surface area contributed by atoms with Gasteiger partial charge in [-0.3, -0.25) is 0 Å². The van der Waals surface area contributed by atoms with E-state index in [4.69, 9.17) is 9.47 Å². The van der Waals surface area contributed by atoms with Gasteiger partial charge in [-0.25, -0.2) is 4.79 Å². The van der Waals surface area contributed by atoms with E-state index in [9.17, 15) is 4.79 Å². The van der Waals surface area contributed by atoms with Crippen molar-refractivity contribution >= 4 is 5.97 Å². The predicted octanol–water partition coefficient (Wildman–Crippen LogP) is 5.69. The molecule has 0 saturated heterocycles. The number of allylic oxidation sites excluding steroid dienone is 1. The quantitative estimate of drug-likeness (QED) is 0.375. The summed E-state index contributed by atoms with van der Waals surface area (Å²) >= 11 is 0. The Morgan fingerprint density at radius 1 is 1.00 bits per heavy atom. The van der Waals surface area contributed by atoms with Crippen molar-refractivity contribution < 1.29 is 14.3 Å². The monoisotopic (exact) mass is 364 g/mol. The first-order valence-electron chi connectivity index (χ1n) is 9.70.